The topological polar surface area (TPSA) is 43.2 Å². The lowest BCUT2D eigenvalue weighted by atomic mass is 10.2. The number of hydrogen-bond acceptors (Lipinski definition) is 4. The molecule has 0 aromatic carbocycles. The number of pyridine rings is 1. The van der Waals surface area contributed by atoms with Gasteiger partial charge < -0.3 is 4.90 Å². The minimum Gasteiger partial charge on any atom is -0.301 e. The maximum Gasteiger partial charge on any atom is 0.144 e. The van der Waals surface area contributed by atoms with Crippen LogP contribution in [0.25, 0.3) is 0 Å². The highest BCUT2D eigenvalue weighted by molar-refractivity contribution is 5.30. The standard InChI is InChI=1S/C13H18N4/c1-2-16-6-8-17(9-7-16)11-12-4-3-5-15-13(12)10-14/h3-5H,2,6-9,11H2,1H3. The fourth-order valence-corrected chi connectivity index (χ4v) is 2.17. The van der Waals surface area contributed by atoms with Gasteiger partial charge in [0.25, 0.3) is 0 Å². The Morgan fingerprint density at radius 2 is 2.00 bits per heavy atom. The van der Waals surface area contributed by atoms with Gasteiger partial charge in [-0.15, -0.1) is 0 Å². The van der Waals surface area contributed by atoms with Crippen molar-refractivity contribution < 1.29 is 0 Å². The Kier molecular flexibility index (Phi) is 4.08. The Bertz CT molecular complexity index is 402. The molecule has 1 saturated heterocycles. The van der Waals surface area contributed by atoms with Gasteiger partial charge in [0.15, 0.2) is 0 Å². The van der Waals surface area contributed by atoms with E-state index in [1.54, 1.807) is 6.20 Å². The van der Waals surface area contributed by atoms with Crippen LogP contribution in [0.4, 0.5) is 0 Å². The molecule has 0 bridgehead atoms. The van der Waals surface area contributed by atoms with Crippen LogP contribution in [0.3, 0.4) is 0 Å². The lowest BCUT2D eigenvalue weighted by Crippen LogP contribution is -2.45. The van der Waals surface area contributed by atoms with E-state index in [9.17, 15) is 0 Å². The smallest absolute Gasteiger partial charge is 0.144 e. The van der Waals surface area contributed by atoms with E-state index in [4.69, 9.17) is 5.26 Å². The number of hydrogen-bond donors (Lipinski definition) is 0. The van der Waals surface area contributed by atoms with Crippen molar-refractivity contribution in [1.29, 1.82) is 5.26 Å². The van der Waals surface area contributed by atoms with Crippen LogP contribution in [0, 0.1) is 11.3 Å². The van der Waals surface area contributed by atoms with E-state index in [0.29, 0.717) is 5.69 Å². The predicted octanol–water partition coefficient (Wildman–Crippen LogP) is 1.09. The third kappa shape index (κ3) is 3.02. The number of piperazine rings is 1. The molecule has 1 aromatic rings. The summed E-state index contributed by atoms with van der Waals surface area (Å²) in [7, 11) is 0. The average Bonchev–Trinajstić information content (AvgIpc) is 2.40. The lowest BCUT2D eigenvalue weighted by Gasteiger charge is -2.34. The van der Waals surface area contributed by atoms with E-state index >= 15 is 0 Å². The van der Waals surface area contributed by atoms with Crippen LogP contribution < -0.4 is 0 Å². The molecular formula is C13H18N4. The van der Waals surface area contributed by atoms with Crippen LogP contribution in [0.5, 0.6) is 0 Å². The summed E-state index contributed by atoms with van der Waals surface area (Å²) in [5.41, 5.74) is 1.60. The summed E-state index contributed by atoms with van der Waals surface area (Å²) >= 11 is 0. The van der Waals surface area contributed by atoms with Gasteiger partial charge >= 0.3 is 0 Å². The maximum atomic E-state index is 8.99. The zero-order valence-electron chi connectivity index (χ0n) is 10.3. The molecule has 0 radical (unpaired) electrons. The fourth-order valence-electron chi connectivity index (χ4n) is 2.17. The Morgan fingerprint density at radius 3 is 2.65 bits per heavy atom. The molecule has 90 valence electrons. The first kappa shape index (κ1) is 12.0. The summed E-state index contributed by atoms with van der Waals surface area (Å²) in [6, 6.07) is 6.06. The van der Waals surface area contributed by atoms with Crippen molar-refractivity contribution in [2.24, 2.45) is 0 Å². The summed E-state index contributed by atoms with van der Waals surface area (Å²) in [5.74, 6) is 0. The first-order valence-electron chi connectivity index (χ1n) is 6.12. The third-order valence-electron chi connectivity index (χ3n) is 3.30. The predicted molar refractivity (Wildman–Crippen MR) is 66.3 cm³/mol. The zero-order chi connectivity index (χ0) is 12.1. The summed E-state index contributed by atoms with van der Waals surface area (Å²) in [6.45, 7) is 8.57. The number of nitrogens with zero attached hydrogens (tertiary/aromatic N) is 4. The largest absolute Gasteiger partial charge is 0.301 e. The molecule has 0 atom stereocenters. The van der Waals surface area contributed by atoms with Gasteiger partial charge in [0.2, 0.25) is 0 Å². The van der Waals surface area contributed by atoms with Crippen molar-refractivity contribution >= 4 is 0 Å². The van der Waals surface area contributed by atoms with Gasteiger partial charge in [-0.1, -0.05) is 13.0 Å². The van der Waals surface area contributed by atoms with Crippen LogP contribution in [0.2, 0.25) is 0 Å². The second-order valence-corrected chi connectivity index (χ2v) is 4.33. The molecule has 0 unspecified atom stereocenters. The van der Waals surface area contributed by atoms with Gasteiger partial charge in [-0.2, -0.15) is 5.26 Å². The van der Waals surface area contributed by atoms with Crippen molar-refractivity contribution in [3.05, 3.63) is 29.6 Å². The summed E-state index contributed by atoms with van der Waals surface area (Å²) in [5, 5.41) is 8.99. The maximum absolute atomic E-state index is 8.99. The second-order valence-electron chi connectivity index (χ2n) is 4.33. The SMILES string of the molecule is CCN1CCN(Cc2cccnc2C#N)CC1. The highest BCUT2D eigenvalue weighted by atomic mass is 15.3. The van der Waals surface area contributed by atoms with Gasteiger partial charge in [-0.3, -0.25) is 4.90 Å². The molecule has 0 amide bonds. The average molecular weight is 230 g/mol. The van der Waals surface area contributed by atoms with E-state index in [2.05, 4.69) is 27.8 Å². The molecule has 0 saturated carbocycles. The Morgan fingerprint density at radius 1 is 1.29 bits per heavy atom. The van der Waals surface area contributed by atoms with Crippen LogP contribution in [-0.2, 0) is 6.54 Å². The molecule has 1 fully saturated rings. The zero-order valence-corrected chi connectivity index (χ0v) is 10.3. The number of likely N-dealkylation sites (N-methyl/N-ethyl adjacent to an activating group) is 1. The van der Waals surface area contributed by atoms with Crippen molar-refractivity contribution in [2.45, 2.75) is 13.5 Å². The molecule has 1 aliphatic heterocycles. The lowest BCUT2D eigenvalue weighted by molar-refractivity contribution is 0.132. The Balaban J connectivity index is 1.96. The monoisotopic (exact) mass is 230 g/mol. The third-order valence-corrected chi connectivity index (χ3v) is 3.30. The van der Waals surface area contributed by atoms with E-state index in [0.717, 1.165) is 44.8 Å². The first-order valence-corrected chi connectivity index (χ1v) is 6.12. The molecule has 0 N–H and O–H groups in total. The molecule has 0 spiro atoms. The molecule has 4 heteroatoms. The van der Waals surface area contributed by atoms with E-state index in [1.807, 2.05) is 12.1 Å². The fraction of sp³-hybridized carbons (Fsp3) is 0.538. The summed E-state index contributed by atoms with van der Waals surface area (Å²) < 4.78 is 0. The Labute approximate surface area is 102 Å². The van der Waals surface area contributed by atoms with E-state index < -0.39 is 0 Å². The van der Waals surface area contributed by atoms with Crippen molar-refractivity contribution in [3.8, 4) is 6.07 Å². The van der Waals surface area contributed by atoms with Gasteiger partial charge in [-0.25, -0.2) is 4.98 Å². The van der Waals surface area contributed by atoms with Crippen molar-refractivity contribution in [3.63, 3.8) is 0 Å². The second kappa shape index (κ2) is 5.76. The Hall–Kier alpha value is -1.44. The van der Waals surface area contributed by atoms with Gasteiger partial charge in [0, 0.05) is 44.5 Å². The molecule has 0 aliphatic carbocycles. The summed E-state index contributed by atoms with van der Waals surface area (Å²) in [6.07, 6.45) is 1.68. The highest BCUT2D eigenvalue weighted by Gasteiger charge is 2.16. The van der Waals surface area contributed by atoms with Gasteiger partial charge in [0.05, 0.1) is 0 Å². The normalized spacial score (nSPS) is 17.9. The minimum atomic E-state index is 0.561. The summed E-state index contributed by atoms with van der Waals surface area (Å²) in [4.78, 5) is 8.94. The number of nitriles is 1. The molecule has 2 heterocycles. The molecule has 17 heavy (non-hydrogen) atoms. The van der Waals surface area contributed by atoms with Gasteiger partial charge in [0.1, 0.15) is 11.8 Å². The van der Waals surface area contributed by atoms with Crippen LogP contribution >= 0.6 is 0 Å². The molecular weight excluding hydrogens is 212 g/mol. The quantitative estimate of drug-likeness (QED) is 0.779. The molecule has 1 aliphatic rings. The molecule has 1 aromatic heterocycles. The van der Waals surface area contributed by atoms with Gasteiger partial charge in [-0.05, 0) is 12.6 Å². The van der Waals surface area contributed by atoms with E-state index in [1.165, 1.54) is 0 Å². The molecule has 4 nitrogen and oxygen atoms in total. The van der Waals surface area contributed by atoms with E-state index in [-0.39, 0.29) is 0 Å². The van der Waals surface area contributed by atoms with Crippen molar-refractivity contribution in [1.82, 2.24) is 14.8 Å². The number of aromatic nitrogens is 1. The van der Waals surface area contributed by atoms with Crippen molar-refractivity contribution in [2.75, 3.05) is 32.7 Å². The van der Waals surface area contributed by atoms with Crippen LogP contribution in [0.15, 0.2) is 18.3 Å². The van der Waals surface area contributed by atoms with Crippen LogP contribution in [-0.4, -0.2) is 47.5 Å². The first-order chi connectivity index (χ1) is 8.33. The molecule has 2 rings (SSSR count). The minimum absolute atomic E-state index is 0.561. The van der Waals surface area contributed by atoms with Crippen LogP contribution in [0.1, 0.15) is 18.2 Å². The number of rotatable bonds is 3. The highest BCUT2D eigenvalue weighted by Crippen LogP contribution is 2.10.